The lowest BCUT2D eigenvalue weighted by Crippen LogP contribution is -2.25. The van der Waals surface area contributed by atoms with Crippen LogP contribution in [0, 0.1) is 23.7 Å². The molecule has 1 nitrogen and oxygen atoms in total. The van der Waals surface area contributed by atoms with Crippen molar-refractivity contribution in [2.24, 2.45) is 23.7 Å². The minimum Gasteiger partial charge on any atom is -0.303 e. The fourth-order valence-corrected chi connectivity index (χ4v) is 3.80. The second-order valence-corrected chi connectivity index (χ2v) is 5.98. The third kappa shape index (κ3) is 2.09. The van der Waals surface area contributed by atoms with Crippen LogP contribution in [0.25, 0.3) is 0 Å². The van der Waals surface area contributed by atoms with Crippen LogP contribution in [0.5, 0.6) is 0 Å². The molecule has 1 unspecified atom stereocenters. The van der Waals surface area contributed by atoms with Crippen LogP contribution in [0.15, 0.2) is 11.1 Å². The zero-order valence-corrected chi connectivity index (χ0v) is 10.8. The maximum Gasteiger partial charge on any atom is 0.122 e. The Morgan fingerprint density at radius 2 is 2.12 bits per heavy atom. The summed E-state index contributed by atoms with van der Waals surface area (Å²) in [6, 6.07) is 0. The first kappa shape index (κ1) is 11.9. The molecule has 0 N–H and O–H groups in total. The van der Waals surface area contributed by atoms with E-state index >= 15 is 0 Å². The molecule has 0 heterocycles. The van der Waals surface area contributed by atoms with E-state index in [1.807, 2.05) is 0 Å². The number of aldehydes is 1. The highest BCUT2D eigenvalue weighted by Gasteiger charge is 2.36. The Hall–Kier alpha value is -0.590. The van der Waals surface area contributed by atoms with Crippen LogP contribution in [-0.2, 0) is 4.79 Å². The topological polar surface area (TPSA) is 17.1 Å². The number of hydrogen-bond acceptors (Lipinski definition) is 1. The second-order valence-electron chi connectivity index (χ2n) is 5.98. The van der Waals surface area contributed by atoms with E-state index in [0.717, 1.165) is 24.5 Å². The van der Waals surface area contributed by atoms with Gasteiger partial charge in [0.15, 0.2) is 0 Å². The molecule has 16 heavy (non-hydrogen) atoms. The van der Waals surface area contributed by atoms with Gasteiger partial charge in [-0.25, -0.2) is 0 Å². The smallest absolute Gasteiger partial charge is 0.122 e. The molecule has 0 aromatic heterocycles. The Morgan fingerprint density at radius 1 is 1.38 bits per heavy atom. The van der Waals surface area contributed by atoms with Crippen molar-refractivity contribution in [3.05, 3.63) is 11.1 Å². The minimum absolute atomic E-state index is 0.236. The summed E-state index contributed by atoms with van der Waals surface area (Å²) in [7, 11) is 0. The fraction of sp³-hybridized carbons (Fsp3) is 0.800. The number of carbonyl (C=O) groups is 1. The van der Waals surface area contributed by atoms with E-state index in [1.54, 1.807) is 11.1 Å². The molecule has 1 fully saturated rings. The van der Waals surface area contributed by atoms with Gasteiger partial charge in [0.2, 0.25) is 0 Å². The van der Waals surface area contributed by atoms with Gasteiger partial charge in [-0.15, -0.1) is 0 Å². The molecule has 0 aromatic rings. The van der Waals surface area contributed by atoms with Crippen LogP contribution in [0.4, 0.5) is 0 Å². The van der Waals surface area contributed by atoms with Crippen molar-refractivity contribution < 1.29 is 4.79 Å². The highest BCUT2D eigenvalue weighted by Crippen LogP contribution is 2.49. The average Bonchev–Trinajstić information content (AvgIpc) is 2.66. The van der Waals surface area contributed by atoms with E-state index in [1.165, 1.54) is 25.7 Å². The highest BCUT2D eigenvalue weighted by atomic mass is 16.1. The van der Waals surface area contributed by atoms with Crippen LogP contribution >= 0.6 is 0 Å². The molecule has 2 rings (SSSR count). The Kier molecular flexibility index (Phi) is 3.51. The number of allylic oxidation sites excluding steroid dienone is 2. The van der Waals surface area contributed by atoms with Crippen molar-refractivity contribution >= 4 is 6.29 Å². The zero-order valence-electron chi connectivity index (χ0n) is 10.8. The molecule has 0 aromatic carbocycles. The lowest BCUT2D eigenvalue weighted by Gasteiger charge is -2.36. The molecular weight excluding hydrogens is 196 g/mol. The van der Waals surface area contributed by atoms with Crippen LogP contribution in [0.3, 0.4) is 0 Å². The summed E-state index contributed by atoms with van der Waals surface area (Å²) in [4.78, 5) is 10.8. The third-order valence-corrected chi connectivity index (χ3v) is 4.71. The monoisotopic (exact) mass is 220 g/mol. The van der Waals surface area contributed by atoms with Gasteiger partial charge in [0.1, 0.15) is 6.29 Å². The van der Waals surface area contributed by atoms with Crippen molar-refractivity contribution in [2.45, 2.75) is 52.9 Å². The molecular formula is C15H24O. The molecule has 1 heteroatoms. The van der Waals surface area contributed by atoms with Gasteiger partial charge in [0, 0.05) is 5.92 Å². The molecule has 0 spiro atoms. The second kappa shape index (κ2) is 4.73. The average molecular weight is 220 g/mol. The van der Waals surface area contributed by atoms with Crippen LogP contribution in [0.2, 0.25) is 0 Å². The Labute approximate surface area is 99.3 Å². The molecule has 1 saturated carbocycles. The van der Waals surface area contributed by atoms with Gasteiger partial charge in [-0.05, 0) is 56.8 Å². The van der Waals surface area contributed by atoms with Gasteiger partial charge in [0.05, 0.1) is 0 Å². The van der Waals surface area contributed by atoms with E-state index < -0.39 is 0 Å². The van der Waals surface area contributed by atoms with Crippen molar-refractivity contribution in [1.29, 1.82) is 0 Å². The quantitative estimate of drug-likeness (QED) is 0.519. The van der Waals surface area contributed by atoms with Crippen molar-refractivity contribution in [3.63, 3.8) is 0 Å². The van der Waals surface area contributed by atoms with Gasteiger partial charge < -0.3 is 4.79 Å². The van der Waals surface area contributed by atoms with Gasteiger partial charge in [-0.3, -0.25) is 0 Å². The van der Waals surface area contributed by atoms with Crippen LogP contribution < -0.4 is 0 Å². The number of hydrogen-bond donors (Lipinski definition) is 0. The van der Waals surface area contributed by atoms with E-state index in [-0.39, 0.29) is 5.92 Å². The summed E-state index contributed by atoms with van der Waals surface area (Å²) >= 11 is 0. The predicted octanol–water partition coefficient (Wildman–Crippen LogP) is 3.98. The number of fused-ring (bicyclic) bond motifs is 1. The first-order valence-corrected chi connectivity index (χ1v) is 6.78. The maximum atomic E-state index is 10.8. The summed E-state index contributed by atoms with van der Waals surface area (Å²) < 4.78 is 0. The Balaban J connectivity index is 2.14. The minimum atomic E-state index is 0.236. The first-order valence-electron chi connectivity index (χ1n) is 6.78. The predicted molar refractivity (Wildman–Crippen MR) is 67.2 cm³/mol. The molecule has 2 aliphatic rings. The van der Waals surface area contributed by atoms with Gasteiger partial charge in [-0.2, -0.15) is 0 Å². The molecule has 2 aliphatic carbocycles. The molecule has 0 aliphatic heterocycles. The van der Waals surface area contributed by atoms with E-state index in [0.29, 0.717) is 5.92 Å². The number of carbonyl (C=O) groups excluding carboxylic acids is 1. The summed E-state index contributed by atoms with van der Waals surface area (Å²) in [5.41, 5.74) is 3.38. The lowest BCUT2D eigenvalue weighted by atomic mass is 9.69. The Bertz CT molecular complexity index is 303. The van der Waals surface area contributed by atoms with Gasteiger partial charge in [0.25, 0.3) is 0 Å². The molecule has 0 saturated heterocycles. The highest BCUT2D eigenvalue weighted by molar-refractivity contribution is 5.52. The summed E-state index contributed by atoms with van der Waals surface area (Å²) in [5, 5.41) is 0. The van der Waals surface area contributed by atoms with E-state index in [4.69, 9.17) is 0 Å². The van der Waals surface area contributed by atoms with E-state index in [9.17, 15) is 4.79 Å². The van der Waals surface area contributed by atoms with E-state index in [2.05, 4.69) is 20.8 Å². The molecule has 4 atom stereocenters. The molecule has 0 amide bonds. The molecule has 90 valence electrons. The Morgan fingerprint density at radius 3 is 2.81 bits per heavy atom. The summed E-state index contributed by atoms with van der Waals surface area (Å²) in [6.45, 7) is 6.78. The van der Waals surface area contributed by atoms with Crippen molar-refractivity contribution in [2.75, 3.05) is 0 Å². The zero-order chi connectivity index (χ0) is 11.7. The normalized spacial score (nSPS) is 36.1. The first-order chi connectivity index (χ1) is 7.63. The summed E-state index contributed by atoms with van der Waals surface area (Å²) in [5.74, 6) is 2.66. The van der Waals surface area contributed by atoms with Gasteiger partial charge in [-0.1, -0.05) is 25.0 Å². The SMILES string of the molecule is CC1=C2[C@H](CC(C)C=O)CC[C@@H](C)[C@@H]2CC1. The maximum absolute atomic E-state index is 10.8. The van der Waals surface area contributed by atoms with Crippen LogP contribution in [0.1, 0.15) is 52.9 Å². The fourth-order valence-electron chi connectivity index (χ4n) is 3.80. The summed E-state index contributed by atoms with van der Waals surface area (Å²) in [6.07, 6.45) is 7.54. The van der Waals surface area contributed by atoms with Crippen molar-refractivity contribution in [1.82, 2.24) is 0 Å². The molecule has 0 radical (unpaired) electrons. The number of rotatable bonds is 3. The van der Waals surface area contributed by atoms with Crippen molar-refractivity contribution in [3.8, 4) is 0 Å². The lowest BCUT2D eigenvalue weighted by molar-refractivity contribution is -0.111. The third-order valence-electron chi connectivity index (χ3n) is 4.71. The molecule has 0 bridgehead atoms. The van der Waals surface area contributed by atoms with Crippen LogP contribution in [-0.4, -0.2) is 6.29 Å². The standard InChI is InChI=1S/C15H24O/c1-10(9-16)8-13-6-4-11(2)14-7-5-12(3)15(13)14/h9-11,13-14H,4-8H2,1-3H3/t10?,11-,13+,14+/m1/s1. The van der Waals surface area contributed by atoms with Gasteiger partial charge >= 0.3 is 0 Å². The largest absolute Gasteiger partial charge is 0.303 e.